The third-order valence-corrected chi connectivity index (χ3v) is 2.41. The first-order valence-electron chi connectivity index (χ1n) is 4.96. The maximum atomic E-state index is 13.1. The highest BCUT2D eigenvalue weighted by atomic mass is 35.5. The summed E-state index contributed by atoms with van der Waals surface area (Å²) in [5, 5.41) is 12.0. The van der Waals surface area contributed by atoms with Gasteiger partial charge in [-0.05, 0) is 24.3 Å². The van der Waals surface area contributed by atoms with Gasteiger partial charge in [0.05, 0.1) is 5.69 Å². The lowest BCUT2D eigenvalue weighted by Gasteiger charge is -2.09. The van der Waals surface area contributed by atoms with E-state index in [1.807, 2.05) is 0 Å². The molecule has 1 aromatic heterocycles. The van der Waals surface area contributed by atoms with Crippen molar-refractivity contribution in [3.05, 3.63) is 53.1 Å². The largest absolute Gasteiger partial charge is 0.478 e. The van der Waals surface area contributed by atoms with Crippen molar-refractivity contribution >= 4 is 28.9 Å². The van der Waals surface area contributed by atoms with Gasteiger partial charge < -0.3 is 10.4 Å². The van der Waals surface area contributed by atoms with Gasteiger partial charge in [-0.25, -0.2) is 9.18 Å². The van der Waals surface area contributed by atoms with Crippen LogP contribution in [0.5, 0.6) is 0 Å². The van der Waals surface area contributed by atoms with Crippen molar-refractivity contribution in [2.24, 2.45) is 0 Å². The van der Waals surface area contributed by atoms with Crippen LogP contribution in [0, 0.1) is 5.82 Å². The number of pyridine rings is 1. The van der Waals surface area contributed by atoms with Crippen LogP contribution in [0.4, 0.5) is 15.8 Å². The molecule has 2 rings (SSSR count). The molecule has 0 aliphatic heterocycles. The number of aromatic carboxylic acids is 1. The number of nitrogens with zero attached hydrogens (tertiary/aromatic N) is 1. The Bertz CT molecular complexity index is 584. The van der Waals surface area contributed by atoms with E-state index in [1.165, 1.54) is 30.6 Å². The first kappa shape index (κ1) is 12.3. The topological polar surface area (TPSA) is 62.2 Å². The molecule has 0 saturated carbocycles. The average Bonchev–Trinajstić information content (AvgIpc) is 2.27. The van der Waals surface area contributed by atoms with Gasteiger partial charge in [0.2, 0.25) is 0 Å². The Morgan fingerprint density at radius 2 is 2.17 bits per heavy atom. The van der Waals surface area contributed by atoms with Crippen molar-refractivity contribution in [3.8, 4) is 0 Å². The standard InChI is InChI=1S/C12H8ClFN2O2/c13-7-3-8(14)5-9(4-7)16-11-1-2-15-6-10(11)12(17)18/h1-6H,(H,15,16)(H,17,18). The van der Waals surface area contributed by atoms with Crippen LogP contribution in [0.1, 0.15) is 10.4 Å². The number of carbonyl (C=O) groups is 1. The molecule has 0 fully saturated rings. The lowest BCUT2D eigenvalue weighted by Crippen LogP contribution is -2.03. The predicted molar refractivity (Wildman–Crippen MR) is 65.9 cm³/mol. The summed E-state index contributed by atoms with van der Waals surface area (Å²) in [5.74, 6) is -1.62. The second kappa shape index (κ2) is 5.01. The van der Waals surface area contributed by atoms with Crippen molar-refractivity contribution in [1.82, 2.24) is 4.98 Å². The number of carboxylic acid groups (broad SMARTS) is 1. The molecule has 0 unspecified atom stereocenters. The normalized spacial score (nSPS) is 10.1. The molecule has 6 heteroatoms. The van der Waals surface area contributed by atoms with E-state index >= 15 is 0 Å². The molecule has 2 N–H and O–H groups in total. The fourth-order valence-electron chi connectivity index (χ4n) is 1.46. The third-order valence-electron chi connectivity index (χ3n) is 2.19. The van der Waals surface area contributed by atoms with E-state index in [0.29, 0.717) is 11.4 Å². The van der Waals surface area contributed by atoms with E-state index in [2.05, 4.69) is 10.3 Å². The van der Waals surface area contributed by atoms with Crippen molar-refractivity contribution in [2.75, 3.05) is 5.32 Å². The van der Waals surface area contributed by atoms with Gasteiger partial charge in [-0.15, -0.1) is 0 Å². The van der Waals surface area contributed by atoms with Gasteiger partial charge in [-0.1, -0.05) is 11.6 Å². The zero-order valence-electron chi connectivity index (χ0n) is 9.02. The second-order valence-electron chi connectivity index (χ2n) is 3.51. The maximum absolute atomic E-state index is 13.1. The zero-order chi connectivity index (χ0) is 13.1. The quantitative estimate of drug-likeness (QED) is 0.895. The minimum absolute atomic E-state index is 0.00196. The van der Waals surface area contributed by atoms with Gasteiger partial charge in [0, 0.05) is 23.1 Å². The molecule has 4 nitrogen and oxygen atoms in total. The number of rotatable bonds is 3. The summed E-state index contributed by atoms with van der Waals surface area (Å²) in [7, 11) is 0. The summed E-state index contributed by atoms with van der Waals surface area (Å²) in [4.78, 5) is 14.7. The number of anilines is 2. The summed E-state index contributed by atoms with van der Waals surface area (Å²) >= 11 is 5.71. The molecular formula is C12H8ClFN2O2. The second-order valence-corrected chi connectivity index (χ2v) is 3.95. The van der Waals surface area contributed by atoms with E-state index in [0.717, 1.165) is 6.07 Å². The van der Waals surface area contributed by atoms with Gasteiger partial charge in [0.25, 0.3) is 0 Å². The first-order chi connectivity index (χ1) is 8.56. The summed E-state index contributed by atoms with van der Waals surface area (Å²) in [6.07, 6.45) is 2.65. The summed E-state index contributed by atoms with van der Waals surface area (Å²) in [5.41, 5.74) is 0.686. The molecule has 0 saturated heterocycles. The van der Waals surface area contributed by atoms with E-state index in [1.54, 1.807) is 0 Å². The molecule has 0 amide bonds. The molecule has 0 radical (unpaired) electrons. The number of hydrogen-bond donors (Lipinski definition) is 2. The lowest BCUT2D eigenvalue weighted by atomic mass is 10.2. The van der Waals surface area contributed by atoms with Crippen molar-refractivity contribution in [3.63, 3.8) is 0 Å². The predicted octanol–water partition coefficient (Wildman–Crippen LogP) is 3.32. The molecule has 2 aromatic rings. The van der Waals surface area contributed by atoms with Crippen molar-refractivity contribution < 1.29 is 14.3 Å². The summed E-state index contributed by atoms with van der Waals surface area (Å²) in [6.45, 7) is 0. The number of nitrogens with one attached hydrogen (secondary N) is 1. The molecular weight excluding hydrogens is 259 g/mol. The Hall–Kier alpha value is -2.14. The Labute approximate surface area is 107 Å². The SMILES string of the molecule is O=C(O)c1cnccc1Nc1cc(F)cc(Cl)c1. The van der Waals surface area contributed by atoms with Crippen molar-refractivity contribution in [1.29, 1.82) is 0 Å². The Morgan fingerprint density at radius 1 is 1.39 bits per heavy atom. The van der Waals surface area contributed by atoms with Crippen LogP contribution in [0.15, 0.2) is 36.7 Å². The summed E-state index contributed by atoms with van der Waals surface area (Å²) < 4.78 is 13.1. The third kappa shape index (κ3) is 2.75. The van der Waals surface area contributed by atoms with Crippen molar-refractivity contribution in [2.45, 2.75) is 0 Å². The highest BCUT2D eigenvalue weighted by molar-refractivity contribution is 6.30. The van der Waals surface area contributed by atoms with Gasteiger partial charge in [0.15, 0.2) is 0 Å². The number of halogens is 2. The Balaban J connectivity index is 2.37. The molecule has 0 aliphatic rings. The maximum Gasteiger partial charge on any atom is 0.339 e. The van der Waals surface area contributed by atoms with Gasteiger partial charge >= 0.3 is 5.97 Å². The van der Waals surface area contributed by atoms with Crippen LogP contribution in [0.3, 0.4) is 0 Å². The molecule has 0 aliphatic carbocycles. The average molecular weight is 267 g/mol. The van der Waals surface area contributed by atoms with E-state index in [9.17, 15) is 9.18 Å². The minimum atomic E-state index is -1.12. The lowest BCUT2D eigenvalue weighted by molar-refractivity contribution is 0.0697. The van der Waals surface area contributed by atoms with E-state index in [4.69, 9.17) is 16.7 Å². The van der Waals surface area contributed by atoms with Crippen LogP contribution in [0.25, 0.3) is 0 Å². The van der Waals surface area contributed by atoms with Crippen LogP contribution in [0.2, 0.25) is 5.02 Å². The van der Waals surface area contributed by atoms with Crippen LogP contribution < -0.4 is 5.32 Å². The Kier molecular flexibility index (Phi) is 3.43. The zero-order valence-corrected chi connectivity index (χ0v) is 9.78. The van der Waals surface area contributed by atoms with Crippen LogP contribution >= 0.6 is 11.6 Å². The Morgan fingerprint density at radius 3 is 2.83 bits per heavy atom. The van der Waals surface area contributed by atoms with Gasteiger partial charge in [-0.2, -0.15) is 0 Å². The fraction of sp³-hybridized carbons (Fsp3) is 0. The minimum Gasteiger partial charge on any atom is -0.478 e. The molecule has 92 valence electrons. The van der Waals surface area contributed by atoms with Crippen LogP contribution in [-0.4, -0.2) is 16.1 Å². The highest BCUT2D eigenvalue weighted by Gasteiger charge is 2.10. The molecule has 1 aromatic carbocycles. The summed E-state index contributed by atoms with van der Waals surface area (Å²) in [6, 6.07) is 5.37. The monoisotopic (exact) mass is 266 g/mol. The molecule has 0 spiro atoms. The van der Waals surface area contributed by atoms with E-state index in [-0.39, 0.29) is 10.6 Å². The molecule has 18 heavy (non-hydrogen) atoms. The molecule has 0 atom stereocenters. The number of carboxylic acids is 1. The van der Waals surface area contributed by atoms with Crippen LogP contribution in [-0.2, 0) is 0 Å². The van der Waals surface area contributed by atoms with E-state index < -0.39 is 11.8 Å². The number of hydrogen-bond acceptors (Lipinski definition) is 3. The molecule has 0 bridgehead atoms. The molecule has 1 heterocycles. The van der Waals surface area contributed by atoms with Gasteiger partial charge in [0.1, 0.15) is 11.4 Å². The fourth-order valence-corrected chi connectivity index (χ4v) is 1.68. The number of aromatic nitrogens is 1. The highest BCUT2D eigenvalue weighted by Crippen LogP contribution is 2.23. The first-order valence-corrected chi connectivity index (χ1v) is 5.34. The smallest absolute Gasteiger partial charge is 0.339 e. The number of benzene rings is 1. The van der Waals surface area contributed by atoms with Gasteiger partial charge in [-0.3, -0.25) is 4.98 Å².